The van der Waals surface area contributed by atoms with Crippen molar-refractivity contribution in [2.24, 2.45) is 5.92 Å². The Labute approximate surface area is 202 Å². The molecule has 0 radical (unpaired) electrons. The van der Waals surface area contributed by atoms with Gasteiger partial charge in [-0.2, -0.15) is 0 Å². The fraction of sp³-hybridized carbons (Fsp3) is 0.538. The van der Waals surface area contributed by atoms with Crippen LogP contribution in [0, 0.1) is 17.6 Å². The lowest BCUT2D eigenvalue weighted by molar-refractivity contribution is 0.0912. The Morgan fingerprint density at radius 2 is 2.14 bits per heavy atom. The Morgan fingerprint density at radius 1 is 1.23 bits per heavy atom. The maximum absolute atomic E-state index is 15.6. The summed E-state index contributed by atoms with van der Waals surface area (Å²) in [6.45, 7) is 2.49. The monoisotopic (exact) mass is 481 g/mol. The van der Waals surface area contributed by atoms with Crippen molar-refractivity contribution in [1.82, 2.24) is 15.6 Å². The lowest BCUT2D eigenvalue weighted by Gasteiger charge is -2.40. The van der Waals surface area contributed by atoms with Crippen molar-refractivity contribution in [2.45, 2.75) is 56.1 Å². The third kappa shape index (κ3) is 3.63. The van der Waals surface area contributed by atoms with E-state index >= 15 is 8.78 Å². The number of ether oxygens (including phenoxy) is 1. The lowest BCUT2D eigenvalue weighted by Crippen LogP contribution is -2.54. The number of aromatic nitrogens is 1. The van der Waals surface area contributed by atoms with E-state index in [1.54, 1.807) is 6.20 Å². The van der Waals surface area contributed by atoms with E-state index in [2.05, 4.69) is 20.9 Å². The molecule has 1 aliphatic carbocycles. The first-order valence-corrected chi connectivity index (χ1v) is 12.7. The van der Waals surface area contributed by atoms with Crippen LogP contribution in [0.2, 0.25) is 0 Å². The summed E-state index contributed by atoms with van der Waals surface area (Å²) in [4.78, 5) is 19.4. The second kappa shape index (κ2) is 8.05. The molecule has 184 valence electrons. The molecule has 5 atom stereocenters. The quantitative estimate of drug-likeness (QED) is 0.626. The van der Waals surface area contributed by atoms with E-state index in [0.717, 1.165) is 50.2 Å². The number of piperazine rings is 1. The molecule has 9 heteroatoms. The van der Waals surface area contributed by atoms with Crippen LogP contribution in [-0.2, 0) is 6.42 Å². The topological polar surface area (TPSA) is 78.5 Å². The Bertz CT molecular complexity index is 1200. The van der Waals surface area contributed by atoms with Gasteiger partial charge < -0.3 is 25.6 Å². The van der Waals surface area contributed by atoms with Gasteiger partial charge in [-0.05, 0) is 49.1 Å². The number of nitrogens with zero attached hydrogens (tertiary/aromatic N) is 2. The first kappa shape index (κ1) is 21.4. The van der Waals surface area contributed by atoms with Gasteiger partial charge in [0.2, 0.25) is 0 Å². The Kier molecular flexibility index (Phi) is 4.91. The highest BCUT2D eigenvalue weighted by molar-refractivity contribution is 5.94. The predicted molar refractivity (Wildman–Crippen MR) is 127 cm³/mol. The minimum Gasteiger partial charge on any atom is -0.488 e. The first-order valence-electron chi connectivity index (χ1n) is 12.7. The molecule has 3 saturated heterocycles. The van der Waals surface area contributed by atoms with E-state index in [4.69, 9.17) is 4.74 Å². The van der Waals surface area contributed by atoms with E-state index < -0.39 is 17.7 Å². The number of fused-ring (bicyclic) bond motifs is 8. The number of nitrogens with one attached hydrogen (secondary N) is 3. The lowest BCUT2D eigenvalue weighted by atomic mass is 9.99. The van der Waals surface area contributed by atoms with Gasteiger partial charge in [-0.1, -0.05) is 0 Å². The molecule has 2 unspecified atom stereocenters. The van der Waals surface area contributed by atoms with Crippen LogP contribution in [0.25, 0.3) is 0 Å². The number of hydrogen-bond acceptors (Lipinski definition) is 6. The van der Waals surface area contributed by atoms with Crippen LogP contribution in [0.3, 0.4) is 0 Å². The number of anilines is 2. The molecule has 0 spiro atoms. The van der Waals surface area contributed by atoms with E-state index in [-0.39, 0.29) is 42.0 Å². The summed E-state index contributed by atoms with van der Waals surface area (Å²) in [5, 5.41) is 9.75. The molecule has 4 fully saturated rings. The number of rotatable bonds is 3. The zero-order valence-corrected chi connectivity index (χ0v) is 19.4. The molecule has 1 aromatic carbocycles. The van der Waals surface area contributed by atoms with Gasteiger partial charge in [-0.15, -0.1) is 0 Å². The fourth-order valence-electron chi connectivity index (χ4n) is 6.36. The van der Waals surface area contributed by atoms with E-state index in [0.29, 0.717) is 30.0 Å². The van der Waals surface area contributed by atoms with Crippen LogP contribution in [0.15, 0.2) is 18.3 Å². The molecular formula is C26H29F2N5O2. The number of carbonyl (C=O) groups is 1. The third-order valence-corrected chi connectivity index (χ3v) is 8.40. The Balaban J connectivity index is 1.09. The average molecular weight is 482 g/mol. The van der Waals surface area contributed by atoms with Gasteiger partial charge in [0.25, 0.3) is 5.91 Å². The van der Waals surface area contributed by atoms with Crippen LogP contribution in [0.1, 0.15) is 53.1 Å². The minimum absolute atomic E-state index is 0.0140. The third-order valence-electron chi connectivity index (χ3n) is 8.40. The Hall–Kier alpha value is -2.94. The summed E-state index contributed by atoms with van der Waals surface area (Å²) in [6, 6.07) is 3.23. The van der Waals surface area contributed by atoms with Gasteiger partial charge in [0, 0.05) is 56.0 Å². The number of pyridine rings is 1. The summed E-state index contributed by atoms with van der Waals surface area (Å²) in [5.74, 6) is 0.712. The largest absolute Gasteiger partial charge is 0.488 e. The van der Waals surface area contributed by atoms with Crippen molar-refractivity contribution in [3.8, 4) is 5.75 Å². The zero-order valence-electron chi connectivity index (χ0n) is 19.4. The maximum Gasteiger partial charge on any atom is 0.253 e. The van der Waals surface area contributed by atoms with Crippen molar-refractivity contribution in [3.05, 3.63) is 46.7 Å². The highest BCUT2D eigenvalue weighted by atomic mass is 19.1. The summed E-state index contributed by atoms with van der Waals surface area (Å²) in [7, 11) is 0. The second-order valence-electron chi connectivity index (χ2n) is 10.7. The molecule has 35 heavy (non-hydrogen) atoms. The molecule has 2 bridgehead atoms. The van der Waals surface area contributed by atoms with Crippen molar-refractivity contribution < 1.29 is 18.3 Å². The van der Waals surface area contributed by atoms with Crippen LogP contribution < -0.4 is 25.6 Å². The normalized spacial score (nSPS) is 30.2. The minimum atomic E-state index is -0.496. The van der Waals surface area contributed by atoms with Gasteiger partial charge in [0.1, 0.15) is 18.2 Å². The van der Waals surface area contributed by atoms with Crippen LogP contribution in [0.4, 0.5) is 20.3 Å². The number of benzene rings is 1. The highest BCUT2D eigenvalue weighted by Gasteiger charge is 2.43. The molecule has 7 nitrogen and oxygen atoms in total. The molecule has 8 rings (SSSR count). The molecule has 3 N–H and O–H groups in total. The SMILES string of the molecule is O=C(N[C@H]1COc2c(F)c(N3CC4CCCC3CN4)cc(F)c2C1)c1cnc2c(c1)[C@H]1C[C@H]1CN2. The Morgan fingerprint density at radius 3 is 3.06 bits per heavy atom. The molecular weight excluding hydrogens is 452 g/mol. The van der Waals surface area contributed by atoms with E-state index in [9.17, 15) is 4.79 Å². The molecule has 6 heterocycles. The second-order valence-corrected chi connectivity index (χ2v) is 10.7. The number of amides is 1. The van der Waals surface area contributed by atoms with Crippen LogP contribution >= 0.6 is 0 Å². The zero-order chi connectivity index (χ0) is 23.7. The van der Waals surface area contributed by atoms with E-state index in [1.165, 1.54) is 6.07 Å². The van der Waals surface area contributed by atoms with Crippen molar-refractivity contribution in [3.63, 3.8) is 0 Å². The van der Waals surface area contributed by atoms with Gasteiger partial charge in [0.05, 0.1) is 17.3 Å². The molecule has 5 aliphatic heterocycles. The van der Waals surface area contributed by atoms with Crippen molar-refractivity contribution in [1.29, 1.82) is 0 Å². The summed E-state index contributed by atoms with van der Waals surface area (Å²) < 4.78 is 36.6. The summed E-state index contributed by atoms with van der Waals surface area (Å²) >= 11 is 0. The fourth-order valence-corrected chi connectivity index (χ4v) is 6.36. The van der Waals surface area contributed by atoms with Gasteiger partial charge in [-0.25, -0.2) is 13.8 Å². The van der Waals surface area contributed by atoms with Crippen LogP contribution in [-0.4, -0.2) is 55.3 Å². The smallest absolute Gasteiger partial charge is 0.253 e. The molecule has 1 saturated carbocycles. The number of halogens is 2. The van der Waals surface area contributed by atoms with Crippen molar-refractivity contribution in [2.75, 3.05) is 36.5 Å². The van der Waals surface area contributed by atoms with Gasteiger partial charge in [-0.3, -0.25) is 4.79 Å². The molecule has 6 aliphatic rings. The summed E-state index contributed by atoms with van der Waals surface area (Å²) in [6.07, 6.45) is 5.98. The van der Waals surface area contributed by atoms with Gasteiger partial charge >= 0.3 is 0 Å². The molecule has 1 aromatic heterocycles. The molecule has 2 aromatic rings. The van der Waals surface area contributed by atoms with Crippen LogP contribution in [0.5, 0.6) is 5.75 Å². The highest BCUT2D eigenvalue weighted by Crippen LogP contribution is 2.52. The number of carbonyl (C=O) groups excluding carboxylic acids is 1. The van der Waals surface area contributed by atoms with E-state index in [1.807, 2.05) is 11.0 Å². The van der Waals surface area contributed by atoms with Gasteiger partial charge in [0.15, 0.2) is 11.6 Å². The maximum atomic E-state index is 15.6. The summed E-state index contributed by atoms with van der Waals surface area (Å²) in [5.41, 5.74) is 2.05. The standard InChI is InChI=1S/C26H29F2N5O2/c27-21-7-22(33-11-15-2-1-3-17(33)10-29-15)23(28)24-20(21)6-16(12-35-24)32-26(34)14-5-19-18-4-13(18)8-30-25(19)31-9-14/h5,7,9,13,15-18,29H,1-4,6,8,10-12H2,(H,30,31)(H,32,34)/t13-,15?,16+,17?,18-/m0/s1. The van der Waals surface area contributed by atoms with Crippen molar-refractivity contribution >= 4 is 17.4 Å². The molecule has 1 amide bonds. The first-order chi connectivity index (χ1) is 17.0. The average Bonchev–Trinajstić information content (AvgIpc) is 3.71. The number of hydrogen-bond donors (Lipinski definition) is 3. The predicted octanol–water partition coefficient (Wildman–Crippen LogP) is 2.95.